The highest BCUT2D eigenvalue weighted by atomic mass is 32.1. The molecule has 0 atom stereocenters. The van der Waals surface area contributed by atoms with Crippen LogP contribution < -0.4 is 0 Å². The minimum absolute atomic E-state index is 0.934. The third kappa shape index (κ3) is 1.73. The molecule has 0 saturated heterocycles. The standard InChI is InChI=1S/C9H14N3S/c1-12(2,3)7-8-6-10-9-11(8)4-5-13-9/h4-6H,7H2,1-3H3/q+1. The van der Waals surface area contributed by atoms with Crippen LogP contribution in [0.1, 0.15) is 5.69 Å². The van der Waals surface area contributed by atoms with Crippen molar-refractivity contribution in [3.8, 4) is 0 Å². The van der Waals surface area contributed by atoms with Crippen molar-refractivity contribution in [2.24, 2.45) is 0 Å². The van der Waals surface area contributed by atoms with Gasteiger partial charge in [-0.25, -0.2) is 4.98 Å². The van der Waals surface area contributed by atoms with E-state index in [0.717, 1.165) is 16.0 Å². The molecule has 4 heteroatoms. The molecule has 0 spiro atoms. The zero-order valence-electron chi connectivity index (χ0n) is 8.19. The highest BCUT2D eigenvalue weighted by Gasteiger charge is 2.12. The lowest BCUT2D eigenvalue weighted by Crippen LogP contribution is -2.33. The zero-order chi connectivity index (χ0) is 9.47. The van der Waals surface area contributed by atoms with E-state index >= 15 is 0 Å². The minimum atomic E-state index is 0.934. The number of quaternary nitrogens is 1. The Kier molecular flexibility index (Phi) is 1.89. The number of imidazole rings is 1. The molecule has 3 nitrogen and oxygen atoms in total. The maximum absolute atomic E-state index is 4.33. The summed E-state index contributed by atoms with van der Waals surface area (Å²) in [7, 11) is 6.56. The summed E-state index contributed by atoms with van der Waals surface area (Å²) >= 11 is 1.68. The summed E-state index contributed by atoms with van der Waals surface area (Å²) in [5, 5.41) is 2.07. The van der Waals surface area contributed by atoms with Crippen molar-refractivity contribution in [1.29, 1.82) is 0 Å². The third-order valence-corrected chi connectivity index (χ3v) is 2.63. The molecule has 70 valence electrons. The number of aromatic nitrogens is 2. The van der Waals surface area contributed by atoms with Gasteiger partial charge in [0.05, 0.1) is 33.0 Å². The first kappa shape index (κ1) is 8.72. The van der Waals surface area contributed by atoms with Crippen LogP contribution in [-0.2, 0) is 6.54 Å². The van der Waals surface area contributed by atoms with Crippen LogP contribution in [-0.4, -0.2) is 35.0 Å². The lowest BCUT2D eigenvalue weighted by molar-refractivity contribution is -0.884. The molecule has 0 bridgehead atoms. The Bertz CT molecular complexity index is 408. The van der Waals surface area contributed by atoms with Gasteiger partial charge in [-0.3, -0.25) is 4.40 Å². The molecule has 0 aliphatic carbocycles. The monoisotopic (exact) mass is 196 g/mol. The van der Waals surface area contributed by atoms with Crippen molar-refractivity contribution in [2.45, 2.75) is 6.54 Å². The topological polar surface area (TPSA) is 17.3 Å². The van der Waals surface area contributed by atoms with Crippen LogP contribution in [0.2, 0.25) is 0 Å². The Hall–Kier alpha value is -0.870. The first-order chi connectivity index (χ1) is 6.06. The second-order valence-corrected chi connectivity index (χ2v) is 5.13. The van der Waals surface area contributed by atoms with Gasteiger partial charge in [0.1, 0.15) is 6.54 Å². The fourth-order valence-electron chi connectivity index (χ4n) is 1.38. The van der Waals surface area contributed by atoms with Gasteiger partial charge in [-0.2, -0.15) is 0 Å². The van der Waals surface area contributed by atoms with Gasteiger partial charge in [0, 0.05) is 11.6 Å². The Balaban J connectivity index is 2.38. The average molecular weight is 196 g/mol. The van der Waals surface area contributed by atoms with E-state index in [4.69, 9.17) is 0 Å². The van der Waals surface area contributed by atoms with Crippen molar-refractivity contribution in [3.05, 3.63) is 23.5 Å². The van der Waals surface area contributed by atoms with Crippen LogP contribution >= 0.6 is 11.3 Å². The first-order valence-corrected chi connectivity index (χ1v) is 5.14. The number of fused-ring (bicyclic) bond motifs is 1. The summed E-state index contributed by atoms with van der Waals surface area (Å²) in [6.45, 7) is 1.01. The summed E-state index contributed by atoms with van der Waals surface area (Å²) in [5.41, 5.74) is 1.28. The fourth-order valence-corrected chi connectivity index (χ4v) is 2.09. The molecule has 0 fully saturated rings. The van der Waals surface area contributed by atoms with Crippen LogP contribution in [0.25, 0.3) is 4.96 Å². The van der Waals surface area contributed by atoms with E-state index in [1.807, 2.05) is 6.20 Å². The Morgan fingerprint density at radius 1 is 1.46 bits per heavy atom. The van der Waals surface area contributed by atoms with Gasteiger partial charge >= 0.3 is 0 Å². The number of rotatable bonds is 2. The van der Waals surface area contributed by atoms with Crippen LogP contribution in [0.15, 0.2) is 17.8 Å². The van der Waals surface area contributed by atoms with E-state index in [1.165, 1.54) is 5.69 Å². The van der Waals surface area contributed by atoms with Crippen molar-refractivity contribution in [1.82, 2.24) is 9.38 Å². The average Bonchev–Trinajstić information content (AvgIpc) is 2.50. The van der Waals surface area contributed by atoms with Crippen LogP contribution in [0.5, 0.6) is 0 Å². The summed E-state index contributed by atoms with van der Waals surface area (Å²) < 4.78 is 3.10. The molecule has 0 N–H and O–H groups in total. The maximum Gasteiger partial charge on any atom is 0.193 e. The SMILES string of the molecule is C[N+](C)(C)Cc1cnc2sccn12. The van der Waals surface area contributed by atoms with E-state index in [0.29, 0.717) is 0 Å². The van der Waals surface area contributed by atoms with E-state index in [-0.39, 0.29) is 0 Å². The Morgan fingerprint density at radius 3 is 2.92 bits per heavy atom. The van der Waals surface area contributed by atoms with Crippen molar-refractivity contribution >= 4 is 16.3 Å². The van der Waals surface area contributed by atoms with Gasteiger partial charge in [0.25, 0.3) is 0 Å². The maximum atomic E-state index is 4.33. The lowest BCUT2D eigenvalue weighted by atomic mass is 10.4. The number of hydrogen-bond acceptors (Lipinski definition) is 2. The molecule has 13 heavy (non-hydrogen) atoms. The van der Waals surface area contributed by atoms with E-state index in [1.54, 1.807) is 11.3 Å². The largest absolute Gasteiger partial charge is 0.326 e. The normalized spacial score (nSPS) is 12.5. The molecule has 2 aromatic heterocycles. The van der Waals surface area contributed by atoms with Crippen molar-refractivity contribution < 1.29 is 4.48 Å². The molecule has 0 radical (unpaired) electrons. The van der Waals surface area contributed by atoms with Gasteiger partial charge < -0.3 is 4.48 Å². The predicted octanol–water partition coefficient (Wildman–Crippen LogP) is 1.60. The molecule has 0 aromatic carbocycles. The van der Waals surface area contributed by atoms with Gasteiger partial charge in [-0.15, -0.1) is 11.3 Å². The van der Waals surface area contributed by atoms with Gasteiger partial charge in [-0.05, 0) is 0 Å². The molecule has 0 unspecified atom stereocenters. The minimum Gasteiger partial charge on any atom is -0.326 e. The Labute approximate surface area is 81.8 Å². The quantitative estimate of drug-likeness (QED) is 0.667. The summed E-state index contributed by atoms with van der Waals surface area (Å²) in [4.78, 5) is 5.42. The molecule has 2 heterocycles. The number of hydrogen-bond donors (Lipinski definition) is 0. The van der Waals surface area contributed by atoms with Crippen LogP contribution in [0.3, 0.4) is 0 Å². The second-order valence-electron chi connectivity index (χ2n) is 4.25. The van der Waals surface area contributed by atoms with Gasteiger partial charge in [0.15, 0.2) is 4.96 Å². The molecular formula is C9H14N3S+. The summed E-state index contributed by atoms with van der Waals surface area (Å²) in [5.74, 6) is 0. The van der Waals surface area contributed by atoms with E-state index in [9.17, 15) is 0 Å². The highest BCUT2D eigenvalue weighted by molar-refractivity contribution is 7.15. The van der Waals surface area contributed by atoms with Crippen molar-refractivity contribution in [3.63, 3.8) is 0 Å². The van der Waals surface area contributed by atoms with Crippen LogP contribution in [0.4, 0.5) is 0 Å². The fraction of sp³-hybridized carbons (Fsp3) is 0.444. The van der Waals surface area contributed by atoms with Crippen molar-refractivity contribution in [2.75, 3.05) is 21.1 Å². The van der Waals surface area contributed by atoms with Gasteiger partial charge in [0.2, 0.25) is 0 Å². The Morgan fingerprint density at radius 2 is 2.23 bits per heavy atom. The third-order valence-electron chi connectivity index (χ3n) is 1.86. The molecule has 0 amide bonds. The molecule has 0 saturated carbocycles. The van der Waals surface area contributed by atoms with E-state index in [2.05, 4.69) is 42.1 Å². The molecule has 0 aliphatic rings. The molecular weight excluding hydrogens is 182 g/mol. The number of thiazole rings is 1. The molecule has 0 aliphatic heterocycles. The zero-order valence-corrected chi connectivity index (χ0v) is 9.01. The van der Waals surface area contributed by atoms with Gasteiger partial charge in [-0.1, -0.05) is 0 Å². The summed E-state index contributed by atoms with van der Waals surface area (Å²) in [6, 6.07) is 0. The predicted molar refractivity (Wildman–Crippen MR) is 54.8 cm³/mol. The molecule has 2 aromatic rings. The highest BCUT2D eigenvalue weighted by Crippen LogP contribution is 2.14. The smallest absolute Gasteiger partial charge is 0.193 e. The number of nitrogens with zero attached hydrogens (tertiary/aromatic N) is 3. The second kappa shape index (κ2) is 2.82. The van der Waals surface area contributed by atoms with E-state index < -0.39 is 0 Å². The first-order valence-electron chi connectivity index (χ1n) is 4.26. The van der Waals surface area contributed by atoms with Crippen LogP contribution in [0, 0.1) is 0 Å². The lowest BCUT2D eigenvalue weighted by Gasteiger charge is -2.22. The summed E-state index contributed by atoms with van der Waals surface area (Å²) in [6.07, 6.45) is 4.05. The molecule has 2 rings (SSSR count).